The Balaban J connectivity index is 1.90. The van der Waals surface area contributed by atoms with Crippen molar-refractivity contribution in [2.24, 2.45) is 0 Å². The van der Waals surface area contributed by atoms with Crippen molar-refractivity contribution in [1.29, 1.82) is 0 Å². The van der Waals surface area contributed by atoms with Gasteiger partial charge in [0, 0.05) is 12.7 Å². The van der Waals surface area contributed by atoms with E-state index in [1.807, 2.05) is 17.8 Å². The molecule has 0 saturated carbocycles. The van der Waals surface area contributed by atoms with E-state index in [-0.39, 0.29) is 4.88 Å². The number of nitrogens with one attached hydrogen (secondary N) is 1. The first-order chi connectivity index (χ1) is 8.56. The lowest BCUT2D eigenvalue weighted by Gasteiger charge is -2.02. The molecule has 0 amide bonds. The van der Waals surface area contributed by atoms with Crippen LogP contribution >= 0.6 is 11.3 Å². The Kier molecular flexibility index (Phi) is 3.61. The molecular formula is C11H14N4O2S. The fourth-order valence-corrected chi connectivity index (χ4v) is 2.37. The monoisotopic (exact) mass is 266 g/mol. The summed E-state index contributed by atoms with van der Waals surface area (Å²) >= 11 is 1.16. The summed E-state index contributed by atoms with van der Waals surface area (Å²) < 4.78 is 1.83. The summed E-state index contributed by atoms with van der Waals surface area (Å²) in [5.74, 6) is -0.930. The van der Waals surface area contributed by atoms with E-state index in [1.165, 1.54) is 0 Å². The van der Waals surface area contributed by atoms with Crippen molar-refractivity contribution in [3.05, 3.63) is 28.5 Å². The standard InChI is InChI=1S/C11H14N4O2S/c1-7-5-13-15(6-7)4-3-12-11-14-8(2)9(18-11)10(16)17/h5-6H,3-4H2,1-2H3,(H,12,14)(H,16,17). The number of rotatable bonds is 5. The van der Waals surface area contributed by atoms with E-state index in [2.05, 4.69) is 15.4 Å². The number of thiazole rings is 1. The van der Waals surface area contributed by atoms with Gasteiger partial charge in [-0.2, -0.15) is 5.10 Å². The molecule has 2 N–H and O–H groups in total. The highest BCUT2D eigenvalue weighted by atomic mass is 32.1. The summed E-state index contributed by atoms with van der Waals surface area (Å²) in [6.07, 6.45) is 3.76. The first-order valence-electron chi connectivity index (χ1n) is 5.50. The molecule has 7 heteroatoms. The zero-order valence-electron chi connectivity index (χ0n) is 10.2. The van der Waals surface area contributed by atoms with Crippen LogP contribution in [0, 0.1) is 13.8 Å². The van der Waals surface area contributed by atoms with Gasteiger partial charge in [0.25, 0.3) is 0 Å². The number of carbonyl (C=O) groups is 1. The number of aromatic carboxylic acids is 1. The van der Waals surface area contributed by atoms with E-state index in [4.69, 9.17) is 5.11 Å². The second-order valence-corrected chi connectivity index (χ2v) is 4.95. The normalized spacial score (nSPS) is 10.6. The average Bonchev–Trinajstić information content (AvgIpc) is 2.85. The highest BCUT2D eigenvalue weighted by Crippen LogP contribution is 2.22. The van der Waals surface area contributed by atoms with Gasteiger partial charge in [-0.05, 0) is 19.4 Å². The van der Waals surface area contributed by atoms with Gasteiger partial charge in [0.05, 0.1) is 18.4 Å². The summed E-state index contributed by atoms with van der Waals surface area (Å²) in [7, 11) is 0. The minimum absolute atomic E-state index is 0.285. The van der Waals surface area contributed by atoms with Crippen molar-refractivity contribution in [1.82, 2.24) is 14.8 Å². The molecule has 0 unspecified atom stereocenters. The maximum Gasteiger partial charge on any atom is 0.347 e. The van der Waals surface area contributed by atoms with Gasteiger partial charge in [0.1, 0.15) is 4.88 Å². The third-order valence-corrected chi connectivity index (χ3v) is 3.47. The van der Waals surface area contributed by atoms with Crippen LogP contribution in [0.1, 0.15) is 20.9 Å². The number of anilines is 1. The van der Waals surface area contributed by atoms with Crippen LogP contribution in [-0.4, -0.2) is 32.4 Å². The van der Waals surface area contributed by atoms with Gasteiger partial charge < -0.3 is 10.4 Å². The molecular weight excluding hydrogens is 252 g/mol. The molecule has 0 fully saturated rings. The molecule has 2 rings (SSSR count). The summed E-state index contributed by atoms with van der Waals surface area (Å²) in [6.45, 7) is 5.06. The van der Waals surface area contributed by atoms with Gasteiger partial charge in [-0.15, -0.1) is 0 Å². The van der Waals surface area contributed by atoms with Crippen LogP contribution in [0.25, 0.3) is 0 Å². The summed E-state index contributed by atoms with van der Waals surface area (Å²) in [4.78, 5) is 15.3. The van der Waals surface area contributed by atoms with Gasteiger partial charge in [-0.3, -0.25) is 4.68 Å². The first kappa shape index (κ1) is 12.6. The molecule has 2 aromatic rings. The van der Waals surface area contributed by atoms with Gasteiger partial charge in [-0.25, -0.2) is 9.78 Å². The predicted octanol–water partition coefficient (Wildman–Crippen LogP) is 1.77. The maximum atomic E-state index is 10.9. The molecule has 18 heavy (non-hydrogen) atoms. The van der Waals surface area contributed by atoms with E-state index >= 15 is 0 Å². The fraction of sp³-hybridized carbons (Fsp3) is 0.364. The van der Waals surface area contributed by atoms with E-state index in [1.54, 1.807) is 13.1 Å². The Morgan fingerprint density at radius 2 is 2.33 bits per heavy atom. The Morgan fingerprint density at radius 3 is 2.89 bits per heavy atom. The maximum absolute atomic E-state index is 10.9. The number of aryl methyl sites for hydroxylation is 2. The van der Waals surface area contributed by atoms with Crippen LogP contribution in [-0.2, 0) is 6.54 Å². The zero-order chi connectivity index (χ0) is 13.1. The molecule has 0 aliphatic carbocycles. The van der Waals surface area contributed by atoms with Crippen LogP contribution in [0.4, 0.5) is 5.13 Å². The summed E-state index contributed by atoms with van der Waals surface area (Å²) in [5.41, 5.74) is 1.66. The quantitative estimate of drug-likeness (QED) is 0.862. The number of hydrogen-bond acceptors (Lipinski definition) is 5. The molecule has 0 aromatic carbocycles. The lowest BCUT2D eigenvalue weighted by atomic mass is 10.4. The van der Waals surface area contributed by atoms with Gasteiger partial charge in [0.15, 0.2) is 5.13 Å². The molecule has 0 spiro atoms. The van der Waals surface area contributed by atoms with Crippen molar-refractivity contribution in [3.8, 4) is 0 Å². The Hall–Kier alpha value is -1.89. The van der Waals surface area contributed by atoms with E-state index in [0.29, 0.717) is 17.4 Å². The molecule has 2 aromatic heterocycles. The first-order valence-corrected chi connectivity index (χ1v) is 6.31. The van der Waals surface area contributed by atoms with Crippen molar-refractivity contribution in [3.63, 3.8) is 0 Å². The third-order valence-electron chi connectivity index (χ3n) is 2.37. The van der Waals surface area contributed by atoms with Crippen molar-refractivity contribution >= 4 is 22.4 Å². The Labute approximate surface area is 108 Å². The number of aromatic nitrogens is 3. The number of carboxylic acids is 1. The van der Waals surface area contributed by atoms with Crippen molar-refractivity contribution in [2.45, 2.75) is 20.4 Å². The van der Waals surface area contributed by atoms with Crippen molar-refractivity contribution in [2.75, 3.05) is 11.9 Å². The Bertz CT molecular complexity index is 561. The van der Waals surface area contributed by atoms with Gasteiger partial charge in [-0.1, -0.05) is 11.3 Å². The molecule has 0 bridgehead atoms. The zero-order valence-corrected chi connectivity index (χ0v) is 11.0. The molecule has 0 aliphatic rings. The van der Waals surface area contributed by atoms with Crippen LogP contribution in [0.2, 0.25) is 0 Å². The summed E-state index contributed by atoms with van der Waals surface area (Å²) in [5, 5.41) is 16.8. The molecule has 6 nitrogen and oxygen atoms in total. The van der Waals surface area contributed by atoms with Gasteiger partial charge in [0.2, 0.25) is 0 Å². The lowest BCUT2D eigenvalue weighted by Crippen LogP contribution is -2.10. The minimum atomic E-state index is -0.930. The third kappa shape index (κ3) is 2.86. The van der Waals surface area contributed by atoms with Crippen LogP contribution in [0.3, 0.4) is 0 Å². The van der Waals surface area contributed by atoms with Crippen LogP contribution < -0.4 is 5.32 Å². The topological polar surface area (TPSA) is 80.0 Å². The number of carboxylic acid groups (broad SMARTS) is 1. The number of nitrogens with zero attached hydrogens (tertiary/aromatic N) is 3. The number of hydrogen-bond donors (Lipinski definition) is 2. The highest BCUT2D eigenvalue weighted by Gasteiger charge is 2.13. The lowest BCUT2D eigenvalue weighted by molar-refractivity contribution is 0.0701. The summed E-state index contributed by atoms with van der Waals surface area (Å²) in [6, 6.07) is 0. The van der Waals surface area contributed by atoms with E-state index in [9.17, 15) is 4.79 Å². The minimum Gasteiger partial charge on any atom is -0.477 e. The Morgan fingerprint density at radius 1 is 1.56 bits per heavy atom. The van der Waals surface area contributed by atoms with E-state index < -0.39 is 5.97 Å². The van der Waals surface area contributed by atoms with Crippen LogP contribution in [0.5, 0.6) is 0 Å². The molecule has 0 atom stereocenters. The largest absolute Gasteiger partial charge is 0.477 e. The highest BCUT2D eigenvalue weighted by molar-refractivity contribution is 7.17. The van der Waals surface area contributed by atoms with E-state index in [0.717, 1.165) is 23.4 Å². The average molecular weight is 266 g/mol. The molecule has 0 aliphatic heterocycles. The predicted molar refractivity (Wildman–Crippen MR) is 69.3 cm³/mol. The SMILES string of the molecule is Cc1cnn(CCNc2nc(C)c(C(=O)O)s2)c1. The van der Waals surface area contributed by atoms with Gasteiger partial charge >= 0.3 is 5.97 Å². The second kappa shape index (κ2) is 5.18. The molecule has 0 saturated heterocycles. The molecule has 96 valence electrons. The fourth-order valence-electron chi connectivity index (χ4n) is 1.54. The van der Waals surface area contributed by atoms with Crippen molar-refractivity contribution < 1.29 is 9.90 Å². The van der Waals surface area contributed by atoms with Crippen LogP contribution in [0.15, 0.2) is 12.4 Å². The smallest absolute Gasteiger partial charge is 0.347 e. The molecule has 2 heterocycles. The molecule has 0 radical (unpaired) electrons. The second-order valence-electron chi connectivity index (χ2n) is 3.95.